The third-order valence-corrected chi connectivity index (χ3v) is 6.17. The molecule has 2 aliphatic heterocycles. The topological polar surface area (TPSA) is 65.6 Å². The van der Waals surface area contributed by atoms with Crippen molar-refractivity contribution in [2.75, 3.05) is 26.8 Å². The number of para-hydroxylation sites is 1. The van der Waals surface area contributed by atoms with Gasteiger partial charge in [0, 0.05) is 29.7 Å². The van der Waals surface area contributed by atoms with Crippen LogP contribution in [0.5, 0.6) is 0 Å². The Hall–Kier alpha value is -2.11. The molecule has 2 N–H and O–H groups in total. The molecule has 2 aliphatic rings. The van der Waals surface area contributed by atoms with E-state index >= 15 is 0 Å². The number of aromatic amines is 1. The Labute approximate surface area is 153 Å². The smallest absolute Gasteiger partial charge is 0.311 e. The molecule has 1 saturated heterocycles. The van der Waals surface area contributed by atoms with Gasteiger partial charge in [0.15, 0.2) is 0 Å². The lowest BCUT2D eigenvalue weighted by Gasteiger charge is -2.45. The minimum Gasteiger partial charge on any atom is -0.469 e. The number of aromatic nitrogens is 1. The van der Waals surface area contributed by atoms with Crippen LogP contribution in [-0.2, 0) is 16.0 Å². The van der Waals surface area contributed by atoms with Gasteiger partial charge in [-0.25, -0.2) is 0 Å². The number of nitrogens with zero attached hydrogens (tertiary/aromatic N) is 1. The van der Waals surface area contributed by atoms with E-state index in [1.165, 1.54) is 34.8 Å². The molecule has 4 rings (SSSR count). The molecular formula is C21H26N2O3. The van der Waals surface area contributed by atoms with E-state index in [4.69, 9.17) is 4.74 Å². The molecule has 3 atom stereocenters. The highest BCUT2D eigenvalue weighted by Gasteiger charge is 2.42. The number of aliphatic hydroxyl groups excluding tert-OH is 1. The number of ether oxygens (including phenoxy) is 1. The molecule has 1 fully saturated rings. The third kappa shape index (κ3) is 2.66. The number of carbonyl (C=O) groups is 1. The third-order valence-electron chi connectivity index (χ3n) is 6.17. The molecule has 138 valence electrons. The van der Waals surface area contributed by atoms with E-state index in [-0.39, 0.29) is 24.5 Å². The monoisotopic (exact) mass is 354 g/mol. The number of fused-ring (bicyclic) bond motifs is 5. The molecule has 0 radical (unpaired) electrons. The first-order chi connectivity index (χ1) is 12.7. The van der Waals surface area contributed by atoms with Gasteiger partial charge in [-0.2, -0.15) is 0 Å². The van der Waals surface area contributed by atoms with E-state index < -0.39 is 5.92 Å². The summed E-state index contributed by atoms with van der Waals surface area (Å²) in [5, 5.41) is 11.2. The van der Waals surface area contributed by atoms with Crippen LogP contribution in [0.1, 0.15) is 30.6 Å². The minimum atomic E-state index is -0.497. The fourth-order valence-electron chi connectivity index (χ4n) is 4.81. The van der Waals surface area contributed by atoms with Gasteiger partial charge in [0.1, 0.15) is 0 Å². The summed E-state index contributed by atoms with van der Waals surface area (Å²) in [7, 11) is 1.39. The maximum absolute atomic E-state index is 12.2. The molecule has 0 saturated carbocycles. The van der Waals surface area contributed by atoms with E-state index in [1.807, 2.05) is 6.92 Å². The highest BCUT2D eigenvalue weighted by molar-refractivity contribution is 5.85. The Balaban J connectivity index is 1.73. The van der Waals surface area contributed by atoms with Gasteiger partial charge < -0.3 is 14.8 Å². The van der Waals surface area contributed by atoms with Crippen LogP contribution in [0.25, 0.3) is 10.9 Å². The van der Waals surface area contributed by atoms with Gasteiger partial charge in [-0.3, -0.25) is 9.69 Å². The predicted molar refractivity (Wildman–Crippen MR) is 101 cm³/mol. The van der Waals surface area contributed by atoms with Crippen LogP contribution in [-0.4, -0.2) is 47.8 Å². The second-order valence-electron chi connectivity index (χ2n) is 7.32. The summed E-state index contributed by atoms with van der Waals surface area (Å²) in [6.07, 6.45) is 3.96. The average Bonchev–Trinajstić information content (AvgIpc) is 3.07. The number of rotatable bonds is 3. The summed E-state index contributed by atoms with van der Waals surface area (Å²) in [4.78, 5) is 18.3. The molecule has 0 spiro atoms. The summed E-state index contributed by atoms with van der Waals surface area (Å²) in [6, 6.07) is 8.70. The lowest BCUT2D eigenvalue weighted by molar-refractivity contribution is -0.149. The first kappa shape index (κ1) is 17.3. The number of benzene rings is 1. The largest absolute Gasteiger partial charge is 0.469 e. The molecule has 0 unspecified atom stereocenters. The summed E-state index contributed by atoms with van der Waals surface area (Å²) >= 11 is 0. The number of H-pyrrole nitrogens is 1. The maximum atomic E-state index is 12.2. The Kier molecular flexibility index (Phi) is 4.59. The number of allylic oxidation sites excluding steroid dienone is 1. The molecule has 1 aromatic heterocycles. The predicted octanol–water partition coefficient (Wildman–Crippen LogP) is 2.81. The van der Waals surface area contributed by atoms with Crippen molar-refractivity contribution in [3.63, 3.8) is 0 Å². The normalized spacial score (nSPS) is 25.7. The Bertz CT molecular complexity index is 854. The zero-order valence-corrected chi connectivity index (χ0v) is 15.4. The standard InChI is InChI=1S/C21H26N2O3/c1-3-13-11-23-9-8-15-14-6-4-5-7-18(14)22-20(15)19(23)10-16(13)17(12-24)21(25)26-2/h3-7,16-17,19,22,24H,8-12H2,1-2H3/b13-3+/t16-,17-,19+/m1/s1. The SMILES string of the molecule is C/C=C1\CN2CCc3c([nH]c4ccccc34)[C@@H]2C[C@H]1[C@@H](CO)C(=O)OC. The summed E-state index contributed by atoms with van der Waals surface area (Å²) in [5.74, 6) is -0.808. The van der Waals surface area contributed by atoms with Crippen molar-refractivity contribution < 1.29 is 14.6 Å². The molecule has 1 aromatic carbocycles. The zero-order valence-electron chi connectivity index (χ0n) is 15.4. The quantitative estimate of drug-likeness (QED) is 0.657. The van der Waals surface area contributed by atoms with Crippen LogP contribution in [0.15, 0.2) is 35.9 Å². The number of hydrogen-bond acceptors (Lipinski definition) is 4. The van der Waals surface area contributed by atoms with Crippen molar-refractivity contribution in [1.82, 2.24) is 9.88 Å². The number of aliphatic hydroxyl groups is 1. The van der Waals surface area contributed by atoms with Crippen molar-refractivity contribution >= 4 is 16.9 Å². The average molecular weight is 354 g/mol. The van der Waals surface area contributed by atoms with Gasteiger partial charge in [-0.1, -0.05) is 29.8 Å². The van der Waals surface area contributed by atoms with E-state index in [9.17, 15) is 9.90 Å². The number of hydrogen-bond donors (Lipinski definition) is 2. The second-order valence-corrected chi connectivity index (χ2v) is 7.32. The van der Waals surface area contributed by atoms with Crippen molar-refractivity contribution in [1.29, 1.82) is 0 Å². The zero-order chi connectivity index (χ0) is 18.3. The number of methoxy groups -OCH3 is 1. The summed E-state index contributed by atoms with van der Waals surface area (Å²) < 4.78 is 4.96. The van der Waals surface area contributed by atoms with E-state index in [0.717, 1.165) is 25.9 Å². The molecule has 0 amide bonds. The van der Waals surface area contributed by atoms with Crippen molar-refractivity contribution in [3.05, 3.63) is 47.2 Å². The summed E-state index contributed by atoms with van der Waals surface area (Å²) in [5.41, 5.74) is 5.09. The van der Waals surface area contributed by atoms with Gasteiger partial charge in [0.25, 0.3) is 0 Å². The van der Waals surface area contributed by atoms with Crippen molar-refractivity contribution in [3.8, 4) is 0 Å². The molecule has 2 aromatic rings. The number of nitrogens with one attached hydrogen (secondary N) is 1. The molecular weight excluding hydrogens is 328 g/mol. The number of esters is 1. The van der Waals surface area contributed by atoms with E-state index in [2.05, 4.69) is 40.2 Å². The van der Waals surface area contributed by atoms with Crippen molar-refractivity contribution in [2.45, 2.75) is 25.8 Å². The van der Waals surface area contributed by atoms with Crippen LogP contribution in [0.4, 0.5) is 0 Å². The van der Waals surface area contributed by atoms with Gasteiger partial charge in [0.05, 0.1) is 25.7 Å². The Morgan fingerprint density at radius 3 is 3.00 bits per heavy atom. The van der Waals surface area contributed by atoms with Crippen LogP contribution < -0.4 is 0 Å². The molecule has 3 heterocycles. The van der Waals surface area contributed by atoms with Gasteiger partial charge in [0.2, 0.25) is 0 Å². The highest BCUT2D eigenvalue weighted by atomic mass is 16.5. The maximum Gasteiger partial charge on any atom is 0.311 e. The molecule has 26 heavy (non-hydrogen) atoms. The Morgan fingerprint density at radius 1 is 1.46 bits per heavy atom. The first-order valence-electron chi connectivity index (χ1n) is 9.35. The first-order valence-corrected chi connectivity index (χ1v) is 9.35. The molecule has 0 aliphatic carbocycles. The fraction of sp³-hybridized carbons (Fsp3) is 0.476. The number of piperidine rings is 1. The van der Waals surface area contributed by atoms with E-state index in [0.29, 0.717) is 0 Å². The van der Waals surface area contributed by atoms with Crippen LogP contribution >= 0.6 is 0 Å². The second kappa shape index (κ2) is 6.89. The highest BCUT2D eigenvalue weighted by Crippen LogP contribution is 2.44. The summed E-state index contributed by atoms with van der Waals surface area (Å²) in [6.45, 7) is 3.70. The van der Waals surface area contributed by atoms with Crippen LogP contribution in [0, 0.1) is 11.8 Å². The fourth-order valence-corrected chi connectivity index (χ4v) is 4.81. The van der Waals surface area contributed by atoms with Gasteiger partial charge in [-0.15, -0.1) is 0 Å². The molecule has 5 heteroatoms. The molecule has 5 nitrogen and oxygen atoms in total. The molecule has 0 bridgehead atoms. The van der Waals surface area contributed by atoms with Gasteiger partial charge in [-0.05, 0) is 37.3 Å². The van der Waals surface area contributed by atoms with Crippen LogP contribution in [0.3, 0.4) is 0 Å². The van der Waals surface area contributed by atoms with Crippen molar-refractivity contribution in [2.24, 2.45) is 11.8 Å². The van der Waals surface area contributed by atoms with E-state index in [1.54, 1.807) is 0 Å². The Morgan fingerprint density at radius 2 is 2.27 bits per heavy atom. The number of carbonyl (C=O) groups excluding carboxylic acids is 1. The van der Waals surface area contributed by atoms with Gasteiger partial charge >= 0.3 is 5.97 Å². The minimum absolute atomic E-state index is 0.0102. The van der Waals surface area contributed by atoms with Crippen LogP contribution in [0.2, 0.25) is 0 Å². The lowest BCUT2D eigenvalue weighted by atomic mass is 9.75. The lowest BCUT2D eigenvalue weighted by Crippen LogP contribution is -2.45.